The van der Waals surface area contributed by atoms with E-state index in [1.165, 1.54) is 32.1 Å². The molecule has 148 valence electrons. The van der Waals surface area contributed by atoms with Crippen molar-refractivity contribution in [3.05, 3.63) is 11.1 Å². The van der Waals surface area contributed by atoms with Gasteiger partial charge in [0.1, 0.15) is 5.50 Å². The standard InChI is InChI=1S/C16H31N3O3S.CH4O/c17-6-7-20-8-9-21-10-11-22-12-15-13-23-16(19-15)18-14-4-2-1-3-5-14;1-2/h13-14,16,18-19H,1-12,17H2;2H,1H3. The molecule has 0 saturated heterocycles. The van der Waals surface area contributed by atoms with Crippen molar-refractivity contribution in [1.82, 2.24) is 10.6 Å². The number of nitrogens with one attached hydrogen (secondary N) is 2. The number of ether oxygens (including phenoxy) is 3. The van der Waals surface area contributed by atoms with Crippen molar-refractivity contribution in [1.29, 1.82) is 0 Å². The Morgan fingerprint density at radius 2 is 1.72 bits per heavy atom. The molecule has 1 heterocycles. The van der Waals surface area contributed by atoms with Crippen LogP contribution in [0.25, 0.3) is 0 Å². The second-order valence-electron chi connectivity index (χ2n) is 5.87. The minimum absolute atomic E-state index is 0.299. The number of aliphatic hydroxyl groups excluding tert-OH is 1. The van der Waals surface area contributed by atoms with E-state index in [0.717, 1.165) is 12.8 Å². The highest BCUT2D eigenvalue weighted by molar-refractivity contribution is 8.02. The summed E-state index contributed by atoms with van der Waals surface area (Å²) < 4.78 is 16.3. The van der Waals surface area contributed by atoms with E-state index >= 15 is 0 Å². The van der Waals surface area contributed by atoms with Gasteiger partial charge in [-0.3, -0.25) is 5.32 Å². The van der Waals surface area contributed by atoms with Crippen molar-refractivity contribution >= 4 is 11.8 Å². The number of rotatable bonds is 12. The normalized spacial score (nSPS) is 20.6. The lowest BCUT2D eigenvalue weighted by molar-refractivity contribution is 0.0195. The molecule has 5 N–H and O–H groups in total. The number of thioether (sulfide) groups is 1. The summed E-state index contributed by atoms with van der Waals surface area (Å²) in [6, 6.07) is 0.664. The Labute approximate surface area is 156 Å². The average Bonchev–Trinajstić information content (AvgIpc) is 3.10. The second kappa shape index (κ2) is 15.9. The minimum Gasteiger partial charge on any atom is -0.400 e. The predicted octanol–water partition coefficient (Wildman–Crippen LogP) is 0.987. The summed E-state index contributed by atoms with van der Waals surface area (Å²) >= 11 is 1.80. The molecule has 0 aromatic rings. The van der Waals surface area contributed by atoms with Gasteiger partial charge >= 0.3 is 0 Å². The Morgan fingerprint density at radius 1 is 1.08 bits per heavy atom. The maximum Gasteiger partial charge on any atom is 0.129 e. The third kappa shape index (κ3) is 11.1. The van der Waals surface area contributed by atoms with Crippen LogP contribution in [-0.4, -0.2) is 69.9 Å². The van der Waals surface area contributed by atoms with Gasteiger partial charge in [-0.1, -0.05) is 31.0 Å². The molecular formula is C17H35N3O4S. The Morgan fingerprint density at radius 3 is 2.40 bits per heavy atom. The molecule has 1 saturated carbocycles. The lowest BCUT2D eigenvalue weighted by Crippen LogP contribution is -2.43. The van der Waals surface area contributed by atoms with Crippen molar-refractivity contribution < 1.29 is 19.3 Å². The molecule has 1 aliphatic heterocycles. The van der Waals surface area contributed by atoms with E-state index in [0.29, 0.717) is 57.7 Å². The van der Waals surface area contributed by atoms with E-state index < -0.39 is 0 Å². The van der Waals surface area contributed by atoms with Gasteiger partial charge in [0.05, 0.1) is 39.6 Å². The number of hydrogen-bond acceptors (Lipinski definition) is 8. The largest absolute Gasteiger partial charge is 0.400 e. The lowest BCUT2D eigenvalue weighted by atomic mass is 9.96. The second-order valence-corrected chi connectivity index (χ2v) is 6.85. The van der Waals surface area contributed by atoms with E-state index in [2.05, 4.69) is 16.0 Å². The van der Waals surface area contributed by atoms with Gasteiger partial charge in [-0.05, 0) is 18.2 Å². The van der Waals surface area contributed by atoms with Gasteiger partial charge in [0.2, 0.25) is 0 Å². The van der Waals surface area contributed by atoms with Crippen LogP contribution in [0, 0.1) is 0 Å². The van der Waals surface area contributed by atoms with E-state index in [1.807, 2.05) is 0 Å². The van der Waals surface area contributed by atoms with E-state index in [9.17, 15) is 0 Å². The highest BCUT2D eigenvalue weighted by Crippen LogP contribution is 2.23. The van der Waals surface area contributed by atoms with Gasteiger partial charge < -0.3 is 30.4 Å². The maximum atomic E-state index is 7.00. The summed E-state index contributed by atoms with van der Waals surface area (Å²) in [6.07, 6.45) is 6.71. The summed E-state index contributed by atoms with van der Waals surface area (Å²) in [5.41, 5.74) is 6.77. The number of aliphatic hydroxyl groups is 1. The molecular weight excluding hydrogens is 342 g/mol. The number of hydrogen-bond donors (Lipinski definition) is 4. The van der Waals surface area contributed by atoms with Gasteiger partial charge in [-0.15, -0.1) is 0 Å². The van der Waals surface area contributed by atoms with Crippen LogP contribution in [0.5, 0.6) is 0 Å². The van der Waals surface area contributed by atoms with Gasteiger partial charge in [-0.2, -0.15) is 0 Å². The van der Waals surface area contributed by atoms with E-state index in [1.54, 1.807) is 11.8 Å². The molecule has 0 amide bonds. The summed E-state index contributed by atoms with van der Waals surface area (Å²) in [5, 5.41) is 16.3. The molecule has 8 heteroatoms. The summed E-state index contributed by atoms with van der Waals surface area (Å²) in [6.45, 7) is 4.14. The molecule has 1 unspecified atom stereocenters. The molecule has 0 spiro atoms. The van der Waals surface area contributed by atoms with Crippen LogP contribution in [0.15, 0.2) is 11.1 Å². The van der Waals surface area contributed by atoms with Crippen molar-refractivity contribution in [2.75, 3.05) is 53.3 Å². The quantitative estimate of drug-likeness (QED) is 0.374. The first-order chi connectivity index (χ1) is 12.4. The Kier molecular flexibility index (Phi) is 14.4. The van der Waals surface area contributed by atoms with Crippen molar-refractivity contribution in [2.24, 2.45) is 5.73 Å². The predicted molar refractivity (Wildman–Crippen MR) is 102 cm³/mol. The molecule has 0 radical (unpaired) electrons. The van der Waals surface area contributed by atoms with Crippen LogP contribution in [0.1, 0.15) is 32.1 Å². The Hall–Kier alpha value is -0.350. The first-order valence-corrected chi connectivity index (χ1v) is 10.1. The topological polar surface area (TPSA) is 98.0 Å². The zero-order valence-corrected chi connectivity index (χ0v) is 16.2. The molecule has 0 aromatic heterocycles. The average molecular weight is 378 g/mol. The monoisotopic (exact) mass is 377 g/mol. The van der Waals surface area contributed by atoms with E-state index in [-0.39, 0.29) is 0 Å². The van der Waals surface area contributed by atoms with Gasteiger partial charge in [-0.25, -0.2) is 0 Å². The molecule has 2 aliphatic rings. The van der Waals surface area contributed by atoms with Gasteiger partial charge in [0, 0.05) is 25.4 Å². The van der Waals surface area contributed by atoms with Crippen LogP contribution in [0.4, 0.5) is 0 Å². The Balaban J connectivity index is 0.00000151. The fourth-order valence-electron chi connectivity index (χ4n) is 2.73. The van der Waals surface area contributed by atoms with Crippen LogP contribution in [0.2, 0.25) is 0 Å². The van der Waals surface area contributed by atoms with Crippen LogP contribution >= 0.6 is 11.8 Å². The zero-order chi connectivity index (χ0) is 18.2. The molecule has 7 nitrogen and oxygen atoms in total. The van der Waals surface area contributed by atoms with Crippen LogP contribution in [0.3, 0.4) is 0 Å². The third-order valence-corrected chi connectivity index (χ3v) is 4.87. The lowest BCUT2D eigenvalue weighted by Gasteiger charge is -2.26. The highest BCUT2D eigenvalue weighted by Gasteiger charge is 2.21. The molecule has 2 rings (SSSR count). The third-order valence-electron chi connectivity index (χ3n) is 3.92. The molecule has 25 heavy (non-hydrogen) atoms. The smallest absolute Gasteiger partial charge is 0.129 e. The molecule has 1 fully saturated rings. The van der Waals surface area contributed by atoms with E-state index in [4.69, 9.17) is 25.1 Å². The first-order valence-electron chi connectivity index (χ1n) is 9.13. The highest BCUT2D eigenvalue weighted by atomic mass is 32.2. The van der Waals surface area contributed by atoms with Gasteiger partial charge in [0.25, 0.3) is 0 Å². The SMILES string of the molecule is CO.NCCOCCOCCOCC1=CSC(NC2CCCCC2)N1. The molecule has 1 atom stereocenters. The minimum atomic E-state index is 0.299. The molecule has 0 aromatic carbocycles. The van der Waals surface area contributed by atoms with Crippen LogP contribution in [-0.2, 0) is 14.2 Å². The summed E-state index contributed by atoms with van der Waals surface area (Å²) in [5.74, 6) is 0. The fourth-order valence-corrected chi connectivity index (χ4v) is 3.66. The van der Waals surface area contributed by atoms with Crippen molar-refractivity contribution in [3.63, 3.8) is 0 Å². The first kappa shape index (κ1) is 22.7. The van der Waals surface area contributed by atoms with Crippen molar-refractivity contribution in [3.8, 4) is 0 Å². The summed E-state index contributed by atoms with van der Waals surface area (Å²) in [7, 11) is 1.00. The van der Waals surface area contributed by atoms with Gasteiger partial charge in [0.15, 0.2) is 0 Å². The van der Waals surface area contributed by atoms with Crippen molar-refractivity contribution in [2.45, 2.75) is 43.6 Å². The molecule has 0 bridgehead atoms. The Bertz CT molecular complexity index is 342. The fraction of sp³-hybridized carbons (Fsp3) is 0.882. The summed E-state index contributed by atoms with van der Waals surface area (Å²) in [4.78, 5) is 0. The zero-order valence-electron chi connectivity index (χ0n) is 15.4. The number of nitrogens with two attached hydrogens (primary N) is 1. The maximum absolute atomic E-state index is 7.00. The molecule has 1 aliphatic carbocycles. The van der Waals surface area contributed by atoms with Crippen LogP contribution < -0.4 is 16.4 Å².